The SMILES string of the molecule is CCC(N)(CC)CNC(=O)C(C)OC.Cl. The topological polar surface area (TPSA) is 64.3 Å². The fraction of sp³-hybridized carbons (Fsp3) is 0.900. The number of nitrogens with two attached hydrogens (primary N) is 1. The Balaban J connectivity index is 0. The van der Waals surface area contributed by atoms with E-state index in [9.17, 15) is 4.79 Å². The second-order valence-electron chi connectivity index (χ2n) is 3.67. The monoisotopic (exact) mass is 238 g/mol. The molecule has 92 valence electrons. The number of ether oxygens (including phenoxy) is 1. The van der Waals surface area contributed by atoms with Crippen LogP contribution in [0.3, 0.4) is 0 Å². The maximum atomic E-state index is 11.4. The molecule has 0 heterocycles. The molecule has 0 aromatic carbocycles. The van der Waals surface area contributed by atoms with E-state index in [0.29, 0.717) is 6.54 Å². The smallest absolute Gasteiger partial charge is 0.248 e. The van der Waals surface area contributed by atoms with Crippen molar-refractivity contribution >= 4 is 18.3 Å². The molecule has 0 fully saturated rings. The Kier molecular flexibility index (Phi) is 9.01. The third kappa shape index (κ3) is 5.97. The first-order valence-corrected chi connectivity index (χ1v) is 5.08. The van der Waals surface area contributed by atoms with E-state index in [1.165, 1.54) is 7.11 Å². The van der Waals surface area contributed by atoms with Crippen molar-refractivity contribution in [2.24, 2.45) is 5.73 Å². The molecule has 0 aliphatic carbocycles. The second kappa shape index (κ2) is 7.91. The van der Waals surface area contributed by atoms with Crippen LogP contribution in [0.5, 0.6) is 0 Å². The zero-order valence-corrected chi connectivity index (χ0v) is 10.8. The molecule has 1 atom stereocenters. The third-order valence-corrected chi connectivity index (χ3v) is 2.75. The largest absolute Gasteiger partial charge is 0.372 e. The molecule has 0 saturated heterocycles. The van der Waals surface area contributed by atoms with Crippen molar-refractivity contribution in [3.63, 3.8) is 0 Å². The summed E-state index contributed by atoms with van der Waals surface area (Å²) in [6.45, 7) is 6.27. The molecule has 0 aliphatic rings. The molecular weight excluding hydrogens is 216 g/mol. The minimum Gasteiger partial charge on any atom is -0.372 e. The van der Waals surface area contributed by atoms with Crippen molar-refractivity contribution in [2.45, 2.75) is 45.3 Å². The van der Waals surface area contributed by atoms with Gasteiger partial charge in [0.25, 0.3) is 0 Å². The van der Waals surface area contributed by atoms with Gasteiger partial charge in [0, 0.05) is 19.2 Å². The molecule has 0 aliphatic heterocycles. The van der Waals surface area contributed by atoms with Crippen molar-refractivity contribution in [3.8, 4) is 0 Å². The van der Waals surface area contributed by atoms with E-state index in [-0.39, 0.29) is 23.9 Å². The summed E-state index contributed by atoms with van der Waals surface area (Å²) in [5, 5.41) is 2.79. The van der Waals surface area contributed by atoms with Crippen LogP contribution in [-0.2, 0) is 9.53 Å². The van der Waals surface area contributed by atoms with Crippen LogP contribution in [0.2, 0.25) is 0 Å². The van der Waals surface area contributed by atoms with Gasteiger partial charge in [0.05, 0.1) is 0 Å². The average molecular weight is 239 g/mol. The number of nitrogens with one attached hydrogen (secondary N) is 1. The van der Waals surface area contributed by atoms with Gasteiger partial charge >= 0.3 is 0 Å². The molecule has 3 N–H and O–H groups in total. The third-order valence-electron chi connectivity index (χ3n) is 2.75. The van der Waals surface area contributed by atoms with E-state index >= 15 is 0 Å². The molecule has 0 aromatic rings. The molecule has 0 spiro atoms. The first kappa shape index (κ1) is 17.1. The van der Waals surface area contributed by atoms with Crippen molar-refractivity contribution in [2.75, 3.05) is 13.7 Å². The van der Waals surface area contributed by atoms with Gasteiger partial charge in [-0.25, -0.2) is 0 Å². The lowest BCUT2D eigenvalue weighted by Gasteiger charge is -2.27. The van der Waals surface area contributed by atoms with Gasteiger partial charge < -0.3 is 15.8 Å². The van der Waals surface area contributed by atoms with Gasteiger partial charge in [-0.05, 0) is 19.8 Å². The quantitative estimate of drug-likeness (QED) is 0.728. The Morgan fingerprint density at radius 1 is 1.47 bits per heavy atom. The number of hydrogen-bond acceptors (Lipinski definition) is 3. The van der Waals surface area contributed by atoms with E-state index in [0.717, 1.165) is 12.8 Å². The van der Waals surface area contributed by atoms with Crippen molar-refractivity contribution in [1.82, 2.24) is 5.32 Å². The van der Waals surface area contributed by atoms with Crippen LogP contribution >= 0.6 is 12.4 Å². The summed E-state index contributed by atoms with van der Waals surface area (Å²) >= 11 is 0. The molecule has 15 heavy (non-hydrogen) atoms. The number of halogens is 1. The number of rotatable bonds is 6. The summed E-state index contributed by atoms with van der Waals surface area (Å²) in [4.78, 5) is 11.4. The maximum Gasteiger partial charge on any atom is 0.248 e. The fourth-order valence-electron chi connectivity index (χ4n) is 1.01. The lowest BCUT2D eigenvalue weighted by Crippen LogP contribution is -2.50. The first-order valence-electron chi connectivity index (χ1n) is 5.08. The Bertz CT molecular complexity index is 184. The number of carbonyl (C=O) groups is 1. The van der Waals surface area contributed by atoms with Crippen molar-refractivity contribution in [1.29, 1.82) is 0 Å². The molecule has 0 aromatic heterocycles. The predicted octanol–water partition coefficient (Wildman–Crippen LogP) is 1.08. The van der Waals surface area contributed by atoms with E-state index < -0.39 is 6.10 Å². The number of amides is 1. The highest BCUT2D eigenvalue weighted by Crippen LogP contribution is 2.09. The molecule has 0 rings (SSSR count). The normalized spacial score (nSPS) is 12.9. The Morgan fingerprint density at radius 2 is 1.93 bits per heavy atom. The van der Waals surface area contributed by atoms with Crippen molar-refractivity contribution in [3.05, 3.63) is 0 Å². The molecule has 0 saturated carbocycles. The number of methoxy groups -OCH3 is 1. The summed E-state index contributed by atoms with van der Waals surface area (Å²) < 4.78 is 4.89. The van der Waals surface area contributed by atoms with E-state index in [1.807, 2.05) is 13.8 Å². The van der Waals surface area contributed by atoms with Gasteiger partial charge in [-0.1, -0.05) is 13.8 Å². The molecule has 1 amide bonds. The van der Waals surface area contributed by atoms with Crippen LogP contribution in [0.25, 0.3) is 0 Å². The summed E-state index contributed by atoms with van der Waals surface area (Å²) in [5.74, 6) is -0.107. The van der Waals surface area contributed by atoms with Crippen molar-refractivity contribution < 1.29 is 9.53 Å². The molecule has 1 unspecified atom stereocenters. The average Bonchev–Trinajstić information content (AvgIpc) is 2.24. The van der Waals surface area contributed by atoms with Crippen LogP contribution < -0.4 is 11.1 Å². The van der Waals surface area contributed by atoms with E-state index in [1.54, 1.807) is 6.92 Å². The van der Waals surface area contributed by atoms with Gasteiger partial charge in [0.15, 0.2) is 0 Å². The van der Waals surface area contributed by atoms with E-state index in [2.05, 4.69) is 5.32 Å². The lowest BCUT2D eigenvalue weighted by atomic mass is 9.94. The zero-order chi connectivity index (χ0) is 11.2. The van der Waals surface area contributed by atoms with Gasteiger partial charge in [0.1, 0.15) is 6.10 Å². The van der Waals surface area contributed by atoms with Gasteiger partial charge in [-0.3, -0.25) is 4.79 Å². The zero-order valence-electron chi connectivity index (χ0n) is 10.0. The second-order valence-corrected chi connectivity index (χ2v) is 3.67. The summed E-state index contributed by atoms with van der Waals surface area (Å²) in [6.07, 6.45) is 1.30. The molecule has 0 radical (unpaired) electrons. The van der Waals surface area contributed by atoms with Crippen LogP contribution in [0.1, 0.15) is 33.6 Å². The van der Waals surface area contributed by atoms with Crippen LogP contribution in [0, 0.1) is 0 Å². The predicted molar refractivity (Wildman–Crippen MR) is 64.2 cm³/mol. The molecular formula is C10H23ClN2O2. The number of hydrogen-bond donors (Lipinski definition) is 2. The lowest BCUT2D eigenvalue weighted by molar-refractivity contribution is -0.130. The Hall–Kier alpha value is -0.320. The molecule has 5 heteroatoms. The highest BCUT2D eigenvalue weighted by Gasteiger charge is 2.22. The molecule has 0 bridgehead atoms. The summed E-state index contributed by atoms with van der Waals surface area (Å²) in [5.41, 5.74) is 5.74. The molecule has 4 nitrogen and oxygen atoms in total. The fourth-order valence-corrected chi connectivity index (χ4v) is 1.01. The Morgan fingerprint density at radius 3 is 2.27 bits per heavy atom. The van der Waals surface area contributed by atoms with Gasteiger partial charge in [-0.15, -0.1) is 12.4 Å². The highest BCUT2D eigenvalue weighted by molar-refractivity contribution is 5.85. The standard InChI is InChI=1S/C10H22N2O2.ClH/c1-5-10(11,6-2)7-12-9(13)8(3)14-4;/h8H,5-7,11H2,1-4H3,(H,12,13);1H. The summed E-state index contributed by atoms with van der Waals surface area (Å²) in [6, 6.07) is 0. The minimum atomic E-state index is -0.409. The van der Waals surface area contributed by atoms with Crippen LogP contribution in [0.4, 0.5) is 0 Å². The Labute approximate surface area is 98.3 Å². The maximum absolute atomic E-state index is 11.4. The van der Waals surface area contributed by atoms with Crippen LogP contribution in [0.15, 0.2) is 0 Å². The van der Waals surface area contributed by atoms with E-state index in [4.69, 9.17) is 10.5 Å². The summed E-state index contributed by atoms with van der Waals surface area (Å²) in [7, 11) is 1.51. The highest BCUT2D eigenvalue weighted by atomic mass is 35.5. The van der Waals surface area contributed by atoms with Crippen LogP contribution in [-0.4, -0.2) is 31.2 Å². The van der Waals surface area contributed by atoms with Gasteiger partial charge in [0.2, 0.25) is 5.91 Å². The minimum absolute atomic E-state index is 0. The first-order chi connectivity index (χ1) is 6.49. The number of carbonyl (C=O) groups excluding carboxylic acids is 1. The van der Waals surface area contributed by atoms with Gasteiger partial charge in [-0.2, -0.15) is 0 Å².